The second-order valence-corrected chi connectivity index (χ2v) is 5.47. The van der Waals surface area contributed by atoms with Crippen LogP contribution in [-0.4, -0.2) is 31.8 Å². The Morgan fingerprint density at radius 3 is 2.63 bits per heavy atom. The van der Waals surface area contributed by atoms with Crippen molar-refractivity contribution in [1.29, 1.82) is 0 Å². The summed E-state index contributed by atoms with van der Waals surface area (Å²) in [6.07, 6.45) is 2.53. The van der Waals surface area contributed by atoms with Crippen LogP contribution in [0, 0.1) is 12.3 Å². The molecule has 2 rings (SSSR count). The summed E-state index contributed by atoms with van der Waals surface area (Å²) in [5.41, 5.74) is 1.51. The molecule has 0 unspecified atom stereocenters. The quantitative estimate of drug-likeness (QED) is 0.887. The van der Waals surface area contributed by atoms with Crippen molar-refractivity contribution < 1.29 is 14.6 Å². The molecule has 1 aliphatic rings. The normalized spacial score (nSPS) is 16.6. The molecule has 0 radical (unpaired) electrons. The summed E-state index contributed by atoms with van der Waals surface area (Å²) < 4.78 is 5.36. The molecule has 104 valence electrons. The number of ether oxygens (including phenoxy) is 1. The van der Waals surface area contributed by atoms with E-state index in [9.17, 15) is 9.90 Å². The van der Waals surface area contributed by atoms with E-state index in [2.05, 4.69) is 0 Å². The number of carbonyl (C=O) groups is 1. The molecule has 0 bridgehead atoms. The van der Waals surface area contributed by atoms with Gasteiger partial charge in [-0.2, -0.15) is 0 Å². The van der Waals surface area contributed by atoms with Crippen LogP contribution in [-0.2, 0) is 4.79 Å². The second kappa shape index (κ2) is 5.11. The summed E-state index contributed by atoms with van der Waals surface area (Å²) >= 11 is 0. The molecule has 1 N–H and O–H groups in total. The Morgan fingerprint density at radius 1 is 1.47 bits per heavy atom. The number of carboxylic acid groups (broad SMARTS) is 1. The molecule has 0 aromatic heterocycles. The summed E-state index contributed by atoms with van der Waals surface area (Å²) in [4.78, 5) is 13.4. The Balaban J connectivity index is 2.22. The zero-order valence-corrected chi connectivity index (χ0v) is 11.8. The van der Waals surface area contributed by atoms with Gasteiger partial charge >= 0.3 is 5.97 Å². The molecule has 0 aliphatic heterocycles. The molecule has 4 nitrogen and oxygen atoms in total. The SMILES string of the molecule is COc1ccc(C)cc1N(C)CC1(C(=O)O)CCC1. The summed E-state index contributed by atoms with van der Waals surface area (Å²) in [5.74, 6) is 0.102. The van der Waals surface area contributed by atoms with Gasteiger partial charge in [-0.3, -0.25) is 4.79 Å². The predicted octanol–water partition coefficient (Wildman–Crippen LogP) is 2.69. The Labute approximate surface area is 114 Å². The summed E-state index contributed by atoms with van der Waals surface area (Å²) in [6, 6.07) is 5.95. The first-order valence-corrected chi connectivity index (χ1v) is 6.58. The Bertz CT molecular complexity index is 480. The minimum atomic E-state index is -0.683. The van der Waals surface area contributed by atoms with Gasteiger partial charge in [0, 0.05) is 13.6 Å². The maximum Gasteiger partial charge on any atom is 0.311 e. The van der Waals surface area contributed by atoms with E-state index in [0.717, 1.165) is 36.3 Å². The van der Waals surface area contributed by atoms with Crippen LogP contribution in [0.4, 0.5) is 5.69 Å². The third-order valence-electron chi connectivity index (χ3n) is 4.05. The lowest BCUT2D eigenvalue weighted by molar-refractivity contribution is -0.153. The number of nitrogens with zero attached hydrogens (tertiary/aromatic N) is 1. The standard InChI is InChI=1S/C15H21NO3/c1-11-5-6-13(19-3)12(9-11)16(2)10-15(14(17)18)7-4-8-15/h5-6,9H,4,7-8,10H2,1-3H3,(H,17,18). The van der Waals surface area contributed by atoms with Crippen molar-refractivity contribution in [3.63, 3.8) is 0 Å². The number of methoxy groups -OCH3 is 1. The average Bonchev–Trinajstić information content (AvgIpc) is 2.33. The predicted molar refractivity (Wildman–Crippen MR) is 74.9 cm³/mol. The zero-order chi connectivity index (χ0) is 14.0. The molecule has 4 heteroatoms. The lowest BCUT2D eigenvalue weighted by Crippen LogP contribution is -2.46. The van der Waals surface area contributed by atoms with Gasteiger partial charge in [0.25, 0.3) is 0 Å². The van der Waals surface area contributed by atoms with Gasteiger partial charge in [-0.05, 0) is 37.5 Å². The third kappa shape index (κ3) is 2.53. The van der Waals surface area contributed by atoms with Crippen LogP contribution >= 0.6 is 0 Å². The fraction of sp³-hybridized carbons (Fsp3) is 0.533. The van der Waals surface area contributed by atoms with E-state index < -0.39 is 11.4 Å². The lowest BCUT2D eigenvalue weighted by atomic mass is 9.68. The van der Waals surface area contributed by atoms with Crippen LogP contribution in [0.3, 0.4) is 0 Å². The number of aryl methyl sites for hydroxylation is 1. The van der Waals surface area contributed by atoms with Crippen molar-refractivity contribution in [3.05, 3.63) is 23.8 Å². The van der Waals surface area contributed by atoms with Crippen LogP contribution in [0.1, 0.15) is 24.8 Å². The average molecular weight is 263 g/mol. The number of carboxylic acids is 1. The minimum Gasteiger partial charge on any atom is -0.495 e. The molecular weight excluding hydrogens is 242 g/mol. The summed E-state index contributed by atoms with van der Waals surface area (Å²) in [5, 5.41) is 9.40. The van der Waals surface area contributed by atoms with Gasteiger partial charge in [0.05, 0.1) is 18.2 Å². The van der Waals surface area contributed by atoms with Crippen LogP contribution in [0.15, 0.2) is 18.2 Å². The van der Waals surface area contributed by atoms with Gasteiger partial charge in [-0.1, -0.05) is 12.5 Å². The molecule has 1 aliphatic carbocycles. The number of hydrogen-bond donors (Lipinski definition) is 1. The molecule has 1 fully saturated rings. The van der Waals surface area contributed by atoms with Gasteiger partial charge in [-0.15, -0.1) is 0 Å². The van der Waals surface area contributed by atoms with Gasteiger partial charge in [0.2, 0.25) is 0 Å². The Morgan fingerprint density at radius 2 is 2.16 bits per heavy atom. The van der Waals surface area contributed by atoms with E-state index in [-0.39, 0.29) is 0 Å². The number of hydrogen-bond acceptors (Lipinski definition) is 3. The lowest BCUT2D eigenvalue weighted by Gasteiger charge is -2.41. The third-order valence-corrected chi connectivity index (χ3v) is 4.05. The Kier molecular flexibility index (Phi) is 3.69. The Hall–Kier alpha value is -1.71. The van der Waals surface area contributed by atoms with Crippen molar-refractivity contribution in [2.45, 2.75) is 26.2 Å². The molecule has 1 aromatic carbocycles. The highest BCUT2D eigenvalue weighted by atomic mass is 16.5. The van der Waals surface area contributed by atoms with E-state index in [1.165, 1.54) is 0 Å². The molecule has 1 saturated carbocycles. The van der Waals surface area contributed by atoms with Crippen LogP contribution in [0.5, 0.6) is 5.75 Å². The van der Waals surface area contributed by atoms with Crippen molar-refractivity contribution in [3.8, 4) is 5.75 Å². The van der Waals surface area contributed by atoms with Crippen LogP contribution in [0.25, 0.3) is 0 Å². The largest absolute Gasteiger partial charge is 0.495 e. The number of benzene rings is 1. The first-order valence-electron chi connectivity index (χ1n) is 6.58. The first kappa shape index (κ1) is 13.7. The van der Waals surface area contributed by atoms with E-state index in [4.69, 9.17) is 4.74 Å². The van der Waals surface area contributed by atoms with Gasteiger partial charge < -0.3 is 14.7 Å². The van der Waals surface area contributed by atoms with Crippen molar-refractivity contribution >= 4 is 11.7 Å². The van der Waals surface area contributed by atoms with E-state index in [0.29, 0.717) is 6.54 Å². The van der Waals surface area contributed by atoms with Gasteiger partial charge in [0.1, 0.15) is 5.75 Å². The summed E-state index contributed by atoms with van der Waals surface area (Å²) in [7, 11) is 3.57. The van der Waals surface area contributed by atoms with Crippen molar-refractivity contribution in [1.82, 2.24) is 0 Å². The minimum absolute atomic E-state index is 0.530. The highest BCUT2D eigenvalue weighted by molar-refractivity contribution is 5.77. The highest BCUT2D eigenvalue weighted by Gasteiger charge is 2.45. The van der Waals surface area contributed by atoms with Crippen LogP contribution in [0.2, 0.25) is 0 Å². The smallest absolute Gasteiger partial charge is 0.311 e. The van der Waals surface area contributed by atoms with E-state index >= 15 is 0 Å². The summed E-state index contributed by atoms with van der Waals surface area (Å²) in [6.45, 7) is 2.55. The topological polar surface area (TPSA) is 49.8 Å². The molecule has 19 heavy (non-hydrogen) atoms. The van der Waals surface area contributed by atoms with Crippen molar-refractivity contribution in [2.75, 3.05) is 25.6 Å². The monoisotopic (exact) mass is 263 g/mol. The zero-order valence-electron chi connectivity index (χ0n) is 11.8. The van der Waals surface area contributed by atoms with Crippen LogP contribution < -0.4 is 9.64 Å². The second-order valence-electron chi connectivity index (χ2n) is 5.47. The molecule has 0 spiro atoms. The highest BCUT2D eigenvalue weighted by Crippen LogP contribution is 2.43. The maximum atomic E-state index is 11.4. The number of rotatable bonds is 5. The molecular formula is C15H21NO3. The fourth-order valence-corrected chi connectivity index (χ4v) is 2.68. The molecule has 0 heterocycles. The van der Waals surface area contributed by atoms with Crippen molar-refractivity contribution in [2.24, 2.45) is 5.41 Å². The maximum absolute atomic E-state index is 11.4. The van der Waals surface area contributed by atoms with E-state index in [1.54, 1.807) is 7.11 Å². The van der Waals surface area contributed by atoms with Gasteiger partial charge in [-0.25, -0.2) is 0 Å². The fourth-order valence-electron chi connectivity index (χ4n) is 2.68. The van der Waals surface area contributed by atoms with E-state index in [1.807, 2.05) is 37.1 Å². The first-order chi connectivity index (χ1) is 8.98. The number of anilines is 1. The molecule has 1 aromatic rings. The number of aliphatic carboxylic acids is 1. The molecule has 0 atom stereocenters. The molecule has 0 amide bonds. The van der Waals surface area contributed by atoms with Gasteiger partial charge in [0.15, 0.2) is 0 Å². The molecule has 0 saturated heterocycles.